The Balaban J connectivity index is 1.46. The standard InChI is InChI=1S/C40H19F5N4/c1-46-27-20-28-40(49-39(23-12-6-3-7-13-23)38(48-28)22-10-4-2-5-11-22)31-30(27)25-14-8-9-15-26(25)47-37(31)24-18-16-21(17-19-24)29-32(41)34(43)36(45)35(44)33(29)42/h2-20H. The number of rotatable bonds is 4. The molecule has 0 radical (unpaired) electrons. The summed E-state index contributed by atoms with van der Waals surface area (Å²) in [6.45, 7) is 8.16. The highest BCUT2D eigenvalue weighted by atomic mass is 19.2. The summed E-state index contributed by atoms with van der Waals surface area (Å²) in [5.74, 6) is -10.1. The molecule has 0 unspecified atom stereocenters. The van der Waals surface area contributed by atoms with Crippen molar-refractivity contribution in [2.75, 3.05) is 0 Å². The van der Waals surface area contributed by atoms with Crippen LogP contribution in [-0.4, -0.2) is 15.0 Å². The predicted molar refractivity (Wildman–Crippen MR) is 180 cm³/mol. The summed E-state index contributed by atoms with van der Waals surface area (Å²) in [5.41, 5.74) is 4.31. The third-order valence-corrected chi connectivity index (χ3v) is 8.45. The lowest BCUT2D eigenvalue weighted by Crippen LogP contribution is -2.04. The van der Waals surface area contributed by atoms with Gasteiger partial charge in [-0.2, -0.15) is 0 Å². The zero-order chi connectivity index (χ0) is 33.8. The van der Waals surface area contributed by atoms with Gasteiger partial charge < -0.3 is 0 Å². The minimum Gasteiger partial charge on any atom is -0.247 e. The molecule has 8 aromatic rings. The molecule has 0 fully saturated rings. The third-order valence-electron chi connectivity index (χ3n) is 8.45. The van der Waals surface area contributed by atoms with Crippen LogP contribution >= 0.6 is 0 Å². The highest BCUT2D eigenvalue weighted by Crippen LogP contribution is 2.44. The third kappa shape index (κ3) is 4.76. The number of aromatic nitrogens is 3. The zero-order valence-corrected chi connectivity index (χ0v) is 25.1. The Bertz CT molecular complexity index is 2630. The second kappa shape index (κ2) is 11.6. The summed E-state index contributed by atoms with van der Waals surface area (Å²) in [4.78, 5) is 19.1. The monoisotopic (exact) mass is 650 g/mol. The quantitative estimate of drug-likeness (QED) is 0.0626. The first-order chi connectivity index (χ1) is 23.9. The molecule has 8 rings (SSSR count). The normalized spacial score (nSPS) is 11.3. The smallest absolute Gasteiger partial charge is 0.200 e. The molecule has 234 valence electrons. The molecular formula is C40H19F5N4. The van der Waals surface area contributed by atoms with Gasteiger partial charge in [0, 0.05) is 27.5 Å². The Morgan fingerprint density at radius 2 is 0.939 bits per heavy atom. The number of para-hydroxylation sites is 1. The van der Waals surface area contributed by atoms with Crippen molar-refractivity contribution in [1.29, 1.82) is 0 Å². The van der Waals surface area contributed by atoms with Gasteiger partial charge in [0.1, 0.15) is 0 Å². The van der Waals surface area contributed by atoms with Gasteiger partial charge >= 0.3 is 0 Å². The lowest BCUT2D eigenvalue weighted by molar-refractivity contribution is 0.381. The highest BCUT2D eigenvalue weighted by molar-refractivity contribution is 6.24. The van der Waals surface area contributed by atoms with Gasteiger partial charge in [0.2, 0.25) is 5.82 Å². The summed E-state index contributed by atoms with van der Waals surface area (Å²) in [7, 11) is 0. The Labute approximate surface area is 275 Å². The number of hydrogen-bond donors (Lipinski definition) is 0. The van der Waals surface area contributed by atoms with E-state index in [-0.39, 0.29) is 5.56 Å². The number of nitrogens with zero attached hydrogens (tertiary/aromatic N) is 4. The van der Waals surface area contributed by atoms with Crippen LogP contribution in [0, 0.1) is 35.7 Å². The summed E-state index contributed by atoms with van der Waals surface area (Å²) in [6, 6.07) is 33.7. The van der Waals surface area contributed by atoms with Gasteiger partial charge in [-0.25, -0.2) is 41.7 Å². The van der Waals surface area contributed by atoms with E-state index < -0.39 is 34.6 Å². The molecule has 0 bridgehead atoms. The van der Waals surface area contributed by atoms with E-state index in [1.54, 1.807) is 12.1 Å². The molecule has 0 aliphatic heterocycles. The van der Waals surface area contributed by atoms with E-state index >= 15 is 0 Å². The molecule has 6 aromatic carbocycles. The molecule has 0 aliphatic carbocycles. The van der Waals surface area contributed by atoms with Crippen LogP contribution in [0.15, 0.2) is 115 Å². The predicted octanol–water partition coefficient (Wildman–Crippen LogP) is 11.2. The van der Waals surface area contributed by atoms with Gasteiger partial charge in [-0.15, -0.1) is 0 Å². The van der Waals surface area contributed by atoms with E-state index in [1.807, 2.05) is 78.9 Å². The molecule has 0 N–H and O–H groups in total. The Kier molecular flexibility index (Phi) is 7.07. The molecule has 0 saturated carbocycles. The number of benzene rings is 6. The van der Waals surface area contributed by atoms with Gasteiger partial charge in [-0.05, 0) is 23.1 Å². The van der Waals surface area contributed by atoms with Gasteiger partial charge in [0.05, 0.1) is 45.8 Å². The summed E-state index contributed by atoms with van der Waals surface area (Å²) in [5, 5.41) is 1.82. The van der Waals surface area contributed by atoms with E-state index in [1.165, 1.54) is 24.3 Å². The van der Waals surface area contributed by atoms with Crippen LogP contribution in [0.4, 0.5) is 27.6 Å². The van der Waals surface area contributed by atoms with Gasteiger partial charge in [-0.1, -0.05) is 103 Å². The fourth-order valence-electron chi connectivity index (χ4n) is 6.19. The lowest BCUT2D eigenvalue weighted by atomic mass is 9.95. The van der Waals surface area contributed by atoms with E-state index in [0.717, 1.165) is 11.1 Å². The molecule has 9 heteroatoms. The maximum absolute atomic E-state index is 14.7. The van der Waals surface area contributed by atoms with Crippen LogP contribution in [-0.2, 0) is 0 Å². The maximum atomic E-state index is 14.7. The first kappa shape index (κ1) is 29.8. The molecule has 0 amide bonds. The van der Waals surface area contributed by atoms with E-state index in [4.69, 9.17) is 21.5 Å². The molecule has 0 saturated heterocycles. The molecule has 4 nitrogen and oxygen atoms in total. The average Bonchev–Trinajstić information content (AvgIpc) is 3.16. The molecule has 2 aromatic heterocycles. The fraction of sp³-hybridized carbons (Fsp3) is 0. The molecular weight excluding hydrogens is 631 g/mol. The summed E-state index contributed by atoms with van der Waals surface area (Å²) < 4.78 is 71.3. The topological polar surface area (TPSA) is 43.0 Å². The van der Waals surface area contributed by atoms with Gasteiger partial charge in [0.25, 0.3) is 0 Å². The zero-order valence-electron chi connectivity index (χ0n) is 25.1. The molecule has 2 heterocycles. The van der Waals surface area contributed by atoms with E-state index in [9.17, 15) is 22.0 Å². The average molecular weight is 651 g/mol. The van der Waals surface area contributed by atoms with Crippen molar-refractivity contribution in [1.82, 2.24) is 15.0 Å². The SMILES string of the molecule is [C-]#[N+]c1cc2nc(-c3ccccc3)c(-c3ccccc3)nc2c2c(-c3ccc(-c4c(F)c(F)c(F)c(F)c4F)cc3)nc3ccccc3c12. The van der Waals surface area contributed by atoms with Crippen LogP contribution in [0.5, 0.6) is 0 Å². The molecule has 0 spiro atoms. The first-order valence-corrected chi connectivity index (χ1v) is 15.0. The Morgan fingerprint density at radius 1 is 0.449 bits per heavy atom. The maximum Gasteiger partial charge on any atom is 0.200 e. The van der Waals surface area contributed by atoms with Crippen molar-refractivity contribution in [3.8, 4) is 44.9 Å². The van der Waals surface area contributed by atoms with Crippen molar-refractivity contribution >= 4 is 38.4 Å². The highest BCUT2D eigenvalue weighted by Gasteiger charge is 2.27. The van der Waals surface area contributed by atoms with E-state index in [2.05, 4.69) is 4.85 Å². The Morgan fingerprint density at radius 3 is 1.55 bits per heavy atom. The van der Waals surface area contributed by atoms with Crippen molar-refractivity contribution in [3.05, 3.63) is 156 Å². The van der Waals surface area contributed by atoms with Crippen LogP contribution in [0.3, 0.4) is 0 Å². The van der Waals surface area contributed by atoms with Crippen LogP contribution < -0.4 is 0 Å². The fourth-order valence-corrected chi connectivity index (χ4v) is 6.19. The number of pyridine rings is 1. The van der Waals surface area contributed by atoms with Gasteiger partial charge in [0.15, 0.2) is 29.0 Å². The number of fused-ring (bicyclic) bond motifs is 5. The van der Waals surface area contributed by atoms with Crippen molar-refractivity contribution in [2.45, 2.75) is 0 Å². The van der Waals surface area contributed by atoms with Gasteiger partial charge in [-0.3, -0.25) is 0 Å². The number of halogens is 5. The van der Waals surface area contributed by atoms with Crippen molar-refractivity contribution in [3.63, 3.8) is 0 Å². The summed E-state index contributed by atoms with van der Waals surface area (Å²) >= 11 is 0. The summed E-state index contributed by atoms with van der Waals surface area (Å²) in [6.07, 6.45) is 0. The van der Waals surface area contributed by atoms with Crippen molar-refractivity contribution in [2.24, 2.45) is 0 Å². The minimum atomic E-state index is -2.23. The Hall–Kier alpha value is -6.53. The minimum absolute atomic E-state index is 0.216. The largest absolute Gasteiger partial charge is 0.247 e. The molecule has 49 heavy (non-hydrogen) atoms. The second-order valence-corrected chi connectivity index (χ2v) is 11.3. The second-order valence-electron chi connectivity index (χ2n) is 11.3. The van der Waals surface area contributed by atoms with Crippen LogP contribution in [0.25, 0.3) is 82.5 Å². The molecule has 0 aliphatic rings. The van der Waals surface area contributed by atoms with Crippen molar-refractivity contribution < 1.29 is 22.0 Å². The molecule has 0 atom stereocenters. The van der Waals surface area contributed by atoms with Crippen LogP contribution in [0.2, 0.25) is 0 Å². The first-order valence-electron chi connectivity index (χ1n) is 15.0. The lowest BCUT2D eigenvalue weighted by Gasteiger charge is -2.16. The van der Waals surface area contributed by atoms with E-state index in [0.29, 0.717) is 61.0 Å². The van der Waals surface area contributed by atoms with Crippen LogP contribution in [0.1, 0.15) is 0 Å². The number of hydrogen-bond acceptors (Lipinski definition) is 3.